The molecule has 3 fully saturated rings. The average molecular weight is 737 g/mol. The van der Waals surface area contributed by atoms with Gasteiger partial charge in [0.25, 0.3) is 0 Å². The molecule has 0 aromatic carbocycles. The van der Waals surface area contributed by atoms with E-state index in [-0.39, 0.29) is 23.2 Å². The molecule has 5 N–H and O–H groups in total. The first-order valence-corrected chi connectivity index (χ1v) is 21.5. The molecule has 0 bridgehead atoms. The summed E-state index contributed by atoms with van der Waals surface area (Å²) >= 11 is 0. The minimum Gasteiger partial charge on any atom is -0.446 e. The van der Waals surface area contributed by atoms with E-state index in [0.717, 1.165) is 61.8 Å². The van der Waals surface area contributed by atoms with E-state index in [2.05, 4.69) is 58.7 Å². The number of amides is 1. The molecule has 308 valence electrons. The molecule has 8 nitrogen and oxygen atoms in total. The fraction of sp³-hybridized carbons (Fsp3) is 0.932. The van der Waals surface area contributed by atoms with Crippen molar-refractivity contribution < 1.29 is 19.0 Å². The van der Waals surface area contributed by atoms with Gasteiger partial charge in [0.1, 0.15) is 6.10 Å². The van der Waals surface area contributed by atoms with Gasteiger partial charge in [-0.05, 0) is 133 Å². The second-order valence-electron chi connectivity index (χ2n) is 17.8. The summed E-state index contributed by atoms with van der Waals surface area (Å²) < 4.78 is 18.2. The Kier molecular flexibility index (Phi) is 21.6. The Morgan fingerprint density at radius 2 is 1.63 bits per heavy atom. The van der Waals surface area contributed by atoms with Crippen LogP contribution in [0, 0.1) is 40.4 Å². The first kappa shape index (κ1) is 48.8. The molecule has 3 saturated carbocycles. The third kappa shape index (κ3) is 14.1. The number of allylic oxidation sites excluding steroid dienone is 1. The van der Waals surface area contributed by atoms with Crippen molar-refractivity contribution in [1.29, 1.82) is 0 Å². The summed E-state index contributed by atoms with van der Waals surface area (Å²) in [6, 6.07) is 0. The number of nitrogens with zero attached hydrogens (tertiary/aromatic N) is 1. The molecule has 1 amide bonds. The fourth-order valence-electron chi connectivity index (χ4n) is 9.86. The quantitative estimate of drug-likeness (QED) is 0.0626. The van der Waals surface area contributed by atoms with Crippen molar-refractivity contribution in [1.82, 2.24) is 10.3 Å². The Balaban J connectivity index is 0.00000214. The van der Waals surface area contributed by atoms with Gasteiger partial charge in [-0.15, -0.1) is 0 Å². The van der Waals surface area contributed by atoms with Gasteiger partial charge in [0.05, 0.1) is 24.4 Å². The number of hydrazine groups is 1. The first-order chi connectivity index (χ1) is 24.5. The number of nitrogens with one attached hydrogen (secondary N) is 1. The standard InChI is InChI=1S/C39H71N3O4.2C2H6.CH5N/c1-28(2)12-10-11-13-29-15-17-33-32-16-14-30-26-31(18-20-39(30,8)34(32)19-21-38(29,33)7)46-35(43)41-23-25-44-37(5,6)27-45-36(3,4)22-24-42(9)40;3*1-2/h14,28-29,31-34H,10-13,15-27,40H2,1-9H3,(H,41,43);2*1-2H3;2H2,1H3. The lowest BCUT2D eigenvalue weighted by Crippen LogP contribution is -2.50. The Hall–Kier alpha value is -1.19. The SMILES string of the molecule is CC.CC.CC(C)CCCCC1CCC2C3CC=C4CC(OC(=O)NCCOC(C)(C)COC(C)(C)CCN(C)N)CCC4(C)C3CCC12C.CN. The van der Waals surface area contributed by atoms with Crippen LogP contribution in [0.15, 0.2) is 11.6 Å². The van der Waals surface area contributed by atoms with E-state index in [0.29, 0.717) is 25.2 Å². The Labute approximate surface area is 322 Å². The van der Waals surface area contributed by atoms with Crippen molar-refractivity contribution in [2.24, 2.45) is 52.0 Å². The highest BCUT2D eigenvalue weighted by Crippen LogP contribution is 2.66. The largest absolute Gasteiger partial charge is 0.446 e. The third-order valence-electron chi connectivity index (χ3n) is 12.9. The Morgan fingerprint density at radius 1 is 0.962 bits per heavy atom. The molecule has 0 saturated heterocycles. The topological polar surface area (TPSA) is 112 Å². The lowest BCUT2D eigenvalue weighted by Gasteiger charge is -2.58. The maximum Gasteiger partial charge on any atom is 0.407 e. The molecule has 4 aliphatic carbocycles. The second kappa shape index (κ2) is 23.0. The predicted octanol–water partition coefficient (Wildman–Crippen LogP) is 10.3. The highest BCUT2D eigenvalue weighted by atomic mass is 16.6. The van der Waals surface area contributed by atoms with Gasteiger partial charge in [-0.2, -0.15) is 0 Å². The summed E-state index contributed by atoms with van der Waals surface area (Å²) in [7, 11) is 3.36. The van der Waals surface area contributed by atoms with Crippen LogP contribution in [0.4, 0.5) is 4.79 Å². The van der Waals surface area contributed by atoms with Crippen molar-refractivity contribution in [2.45, 2.75) is 184 Å². The van der Waals surface area contributed by atoms with Crippen molar-refractivity contribution in [3.63, 3.8) is 0 Å². The van der Waals surface area contributed by atoms with Gasteiger partial charge < -0.3 is 25.3 Å². The lowest BCUT2D eigenvalue weighted by atomic mass is 9.47. The van der Waals surface area contributed by atoms with Crippen molar-refractivity contribution in [2.75, 3.05) is 40.4 Å². The number of nitrogens with two attached hydrogens (primary N) is 2. The van der Waals surface area contributed by atoms with Crippen LogP contribution in [0.5, 0.6) is 0 Å². The van der Waals surface area contributed by atoms with E-state index < -0.39 is 5.60 Å². The molecule has 7 atom stereocenters. The summed E-state index contributed by atoms with van der Waals surface area (Å²) in [5.41, 5.74) is 6.14. The molecule has 0 aromatic rings. The summed E-state index contributed by atoms with van der Waals surface area (Å²) in [4.78, 5) is 12.8. The molecular formula is C44H88N4O4. The van der Waals surface area contributed by atoms with Crippen molar-refractivity contribution in [3.8, 4) is 0 Å². The minimum atomic E-state index is -0.458. The van der Waals surface area contributed by atoms with E-state index in [1.54, 1.807) is 10.6 Å². The highest BCUT2D eigenvalue weighted by molar-refractivity contribution is 5.67. The molecule has 8 heteroatoms. The normalized spacial score (nSPS) is 29.5. The Bertz CT molecular complexity index is 1030. The van der Waals surface area contributed by atoms with Crippen LogP contribution in [-0.2, 0) is 14.2 Å². The van der Waals surface area contributed by atoms with Gasteiger partial charge in [0.2, 0.25) is 0 Å². The molecule has 52 heavy (non-hydrogen) atoms. The van der Waals surface area contributed by atoms with E-state index >= 15 is 0 Å². The van der Waals surface area contributed by atoms with Gasteiger partial charge in [0.15, 0.2) is 0 Å². The number of unbranched alkanes of at least 4 members (excludes halogenated alkanes) is 1. The summed E-state index contributed by atoms with van der Waals surface area (Å²) in [6.07, 6.45) is 18.6. The van der Waals surface area contributed by atoms with Gasteiger partial charge in [0, 0.05) is 26.6 Å². The molecular weight excluding hydrogens is 649 g/mol. The van der Waals surface area contributed by atoms with E-state index in [4.69, 9.17) is 20.1 Å². The number of alkyl carbamates (subject to hydrolysis) is 1. The zero-order valence-electron chi connectivity index (χ0n) is 36.8. The third-order valence-corrected chi connectivity index (χ3v) is 12.9. The van der Waals surface area contributed by atoms with Crippen LogP contribution in [0.3, 0.4) is 0 Å². The van der Waals surface area contributed by atoms with Crippen molar-refractivity contribution in [3.05, 3.63) is 11.6 Å². The number of fused-ring (bicyclic) bond motifs is 5. The maximum absolute atomic E-state index is 12.8. The van der Waals surface area contributed by atoms with Gasteiger partial charge in [-0.3, -0.25) is 10.9 Å². The zero-order chi connectivity index (χ0) is 39.8. The highest BCUT2D eigenvalue weighted by Gasteiger charge is 2.58. The van der Waals surface area contributed by atoms with Crippen LogP contribution >= 0.6 is 0 Å². The molecule has 4 rings (SSSR count). The number of hydrogen-bond donors (Lipinski definition) is 3. The van der Waals surface area contributed by atoms with Gasteiger partial charge >= 0.3 is 6.09 Å². The number of hydrogen-bond acceptors (Lipinski definition) is 7. The molecule has 0 aromatic heterocycles. The monoisotopic (exact) mass is 737 g/mol. The van der Waals surface area contributed by atoms with Crippen LogP contribution in [-0.4, -0.2) is 68.8 Å². The van der Waals surface area contributed by atoms with Gasteiger partial charge in [-0.25, -0.2) is 4.79 Å². The molecule has 0 spiro atoms. The van der Waals surface area contributed by atoms with Crippen LogP contribution in [0.2, 0.25) is 0 Å². The smallest absolute Gasteiger partial charge is 0.407 e. The second-order valence-corrected chi connectivity index (χ2v) is 17.8. The number of carbonyl (C=O) groups is 1. The van der Waals surface area contributed by atoms with E-state index in [1.165, 1.54) is 64.8 Å². The number of rotatable bonds is 16. The van der Waals surface area contributed by atoms with E-state index in [9.17, 15) is 4.79 Å². The fourth-order valence-corrected chi connectivity index (χ4v) is 9.86. The first-order valence-electron chi connectivity index (χ1n) is 21.5. The van der Waals surface area contributed by atoms with Crippen LogP contribution in [0.25, 0.3) is 0 Å². The lowest BCUT2D eigenvalue weighted by molar-refractivity contribution is -0.122. The summed E-state index contributed by atoms with van der Waals surface area (Å²) in [6.45, 7) is 28.2. The number of ether oxygens (including phenoxy) is 3. The maximum atomic E-state index is 12.8. The summed E-state index contributed by atoms with van der Waals surface area (Å²) in [5, 5.41) is 4.60. The van der Waals surface area contributed by atoms with Gasteiger partial charge in [-0.1, -0.05) is 86.3 Å². The molecule has 0 radical (unpaired) electrons. The van der Waals surface area contributed by atoms with Crippen LogP contribution < -0.4 is 16.9 Å². The average Bonchev–Trinajstić information content (AvgIpc) is 3.46. The van der Waals surface area contributed by atoms with E-state index in [1.807, 2.05) is 48.6 Å². The zero-order valence-corrected chi connectivity index (χ0v) is 36.8. The van der Waals surface area contributed by atoms with Crippen molar-refractivity contribution >= 4 is 6.09 Å². The van der Waals surface area contributed by atoms with Crippen LogP contribution in [0.1, 0.15) is 167 Å². The molecule has 7 unspecified atom stereocenters. The predicted molar refractivity (Wildman–Crippen MR) is 221 cm³/mol. The molecule has 0 aliphatic heterocycles. The minimum absolute atomic E-state index is 0.0352. The summed E-state index contributed by atoms with van der Waals surface area (Å²) in [5.74, 6) is 10.0. The number of carbonyl (C=O) groups excluding carboxylic acids is 1. The molecule has 0 heterocycles. The Morgan fingerprint density at radius 3 is 2.27 bits per heavy atom. The molecule has 4 aliphatic rings.